The zero-order valence-corrected chi connectivity index (χ0v) is 6.34. The highest BCUT2D eigenvalue weighted by Gasteiger charge is 2.04. The van der Waals surface area contributed by atoms with Crippen LogP contribution in [-0.2, 0) is 5.75 Å². The van der Waals surface area contributed by atoms with E-state index >= 15 is 0 Å². The van der Waals surface area contributed by atoms with E-state index in [1.807, 2.05) is 5.55 Å². The van der Waals surface area contributed by atoms with E-state index in [4.69, 9.17) is 0 Å². The highest BCUT2D eigenvalue weighted by molar-refractivity contribution is 8.11. The molecule has 2 rings (SSSR count). The molecule has 0 unspecified atom stereocenters. The van der Waals surface area contributed by atoms with Gasteiger partial charge in [0, 0.05) is 11.1 Å². The Morgan fingerprint density at radius 3 is 3.33 bits per heavy atom. The van der Waals surface area contributed by atoms with E-state index in [0.717, 1.165) is 5.75 Å². The molecule has 0 saturated carbocycles. The third-order valence-electron chi connectivity index (χ3n) is 1.22. The zero-order valence-electron chi connectivity index (χ0n) is 4.70. The smallest absolute Gasteiger partial charge is 0.0783 e. The van der Waals surface area contributed by atoms with Gasteiger partial charge >= 0.3 is 0 Å². The molecule has 1 nitrogen and oxygen atoms in total. The van der Waals surface area contributed by atoms with Crippen LogP contribution in [0.25, 0.3) is 0 Å². The van der Waals surface area contributed by atoms with Gasteiger partial charge in [0.1, 0.15) is 0 Å². The second kappa shape index (κ2) is 2.15. The first-order valence-electron chi connectivity index (χ1n) is 2.66. The Morgan fingerprint density at radius 2 is 2.44 bits per heavy atom. The lowest BCUT2D eigenvalue weighted by atomic mass is 10.3. The molecule has 9 heavy (non-hydrogen) atoms. The van der Waals surface area contributed by atoms with E-state index in [-0.39, 0.29) is 0 Å². The van der Waals surface area contributed by atoms with Gasteiger partial charge in [-0.15, -0.1) is 23.1 Å². The number of thiophene rings is 1. The lowest BCUT2D eigenvalue weighted by Crippen LogP contribution is -1.81. The van der Waals surface area contributed by atoms with Crippen LogP contribution >= 0.6 is 23.1 Å². The molecule has 0 bridgehead atoms. The highest BCUT2D eigenvalue weighted by atomic mass is 32.2. The average Bonchev–Trinajstić information content (AvgIpc) is 2.33. The minimum atomic E-state index is 1.10. The topological polar surface area (TPSA) is 12.4 Å². The lowest BCUT2D eigenvalue weighted by Gasteiger charge is -2.00. The quantitative estimate of drug-likeness (QED) is 0.561. The first-order chi connectivity index (χ1) is 4.47. The van der Waals surface area contributed by atoms with Crippen LogP contribution in [0.5, 0.6) is 0 Å². The van der Waals surface area contributed by atoms with Crippen molar-refractivity contribution in [3.8, 4) is 0 Å². The minimum Gasteiger partial charge on any atom is -0.249 e. The second-order valence-corrected chi connectivity index (χ2v) is 3.40. The third-order valence-corrected chi connectivity index (χ3v) is 2.74. The molecule has 3 heteroatoms. The van der Waals surface area contributed by atoms with Crippen LogP contribution in [0.2, 0.25) is 0 Å². The van der Waals surface area contributed by atoms with Crippen LogP contribution in [-0.4, -0.2) is 5.55 Å². The van der Waals surface area contributed by atoms with Gasteiger partial charge in [-0.05, 0) is 10.9 Å². The van der Waals surface area contributed by atoms with Crippen molar-refractivity contribution < 1.29 is 0 Å². The maximum absolute atomic E-state index is 4.20. The van der Waals surface area contributed by atoms with Gasteiger partial charge in [-0.3, -0.25) is 0 Å². The fourth-order valence-corrected chi connectivity index (χ4v) is 2.32. The summed E-state index contributed by atoms with van der Waals surface area (Å²) in [7, 11) is 0. The Balaban J connectivity index is 2.53. The van der Waals surface area contributed by atoms with Crippen molar-refractivity contribution in [3.63, 3.8) is 0 Å². The Bertz CT molecular complexity index is 239. The SMILES string of the molecule is C1=Nc2cscc2CS1. The van der Waals surface area contributed by atoms with E-state index in [1.54, 1.807) is 23.1 Å². The molecule has 0 aromatic carbocycles. The molecule has 0 aliphatic carbocycles. The van der Waals surface area contributed by atoms with Crippen LogP contribution < -0.4 is 0 Å². The molecule has 0 radical (unpaired) electrons. The number of hydrogen-bond donors (Lipinski definition) is 0. The molecule has 0 spiro atoms. The monoisotopic (exact) mass is 155 g/mol. The molecular formula is C6H5NS2. The summed E-state index contributed by atoms with van der Waals surface area (Å²) in [5.41, 5.74) is 4.46. The van der Waals surface area contributed by atoms with Crippen LogP contribution in [0.3, 0.4) is 0 Å². The van der Waals surface area contributed by atoms with E-state index in [1.165, 1.54) is 11.3 Å². The second-order valence-electron chi connectivity index (χ2n) is 1.83. The van der Waals surface area contributed by atoms with Gasteiger partial charge in [0.05, 0.1) is 11.2 Å². The molecule has 0 atom stereocenters. The third kappa shape index (κ3) is 0.904. The zero-order chi connectivity index (χ0) is 6.10. The van der Waals surface area contributed by atoms with Gasteiger partial charge in [-0.25, -0.2) is 4.99 Å². The molecule has 1 aromatic rings. The van der Waals surface area contributed by atoms with E-state index in [2.05, 4.69) is 15.8 Å². The van der Waals surface area contributed by atoms with Crippen LogP contribution in [0, 0.1) is 0 Å². The number of rotatable bonds is 0. The Morgan fingerprint density at radius 1 is 1.44 bits per heavy atom. The molecule has 2 heterocycles. The van der Waals surface area contributed by atoms with Gasteiger partial charge in [-0.2, -0.15) is 0 Å². The largest absolute Gasteiger partial charge is 0.249 e. The molecule has 1 aromatic heterocycles. The predicted octanol–water partition coefficient (Wildman–Crippen LogP) is 2.65. The molecule has 0 fully saturated rings. The fourth-order valence-electron chi connectivity index (χ4n) is 0.759. The number of nitrogens with zero attached hydrogens (tertiary/aromatic N) is 1. The normalized spacial score (nSPS) is 15.6. The van der Waals surface area contributed by atoms with Crippen molar-refractivity contribution in [3.05, 3.63) is 16.3 Å². The molecular weight excluding hydrogens is 150 g/mol. The Kier molecular flexibility index (Phi) is 1.32. The number of hydrogen-bond acceptors (Lipinski definition) is 3. The summed E-state index contributed by atoms with van der Waals surface area (Å²) < 4.78 is 0. The summed E-state index contributed by atoms with van der Waals surface area (Å²) in [4.78, 5) is 4.20. The first kappa shape index (κ1) is 5.50. The van der Waals surface area contributed by atoms with Crippen molar-refractivity contribution in [2.45, 2.75) is 5.75 Å². The summed E-state index contributed by atoms with van der Waals surface area (Å²) in [6.45, 7) is 0. The molecule has 1 aliphatic rings. The summed E-state index contributed by atoms with van der Waals surface area (Å²) in [5, 5.41) is 4.25. The van der Waals surface area contributed by atoms with E-state index in [0.29, 0.717) is 0 Å². The predicted molar refractivity (Wildman–Crippen MR) is 43.8 cm³/mol. The number of thioether (sulfide) groups is 1. The van der Waals surface area contributed by atoms with Crippen molar-refractivity contribution in [1.29, 1.82) is 0 Å². The highest BCUT2D eigenvalue weighted by Crippen LogP contribution is 2.30. The Hall–Kier alpha value is -0.280. The van der Waals surface area contributed by atoms with Gasteiger partial charge in [0.2, 0.25) is 0 Å². The molecule has 0 amide bonds. The van der Waals surface area contributed by atoms with Crippen molar-refractivity contribution in [1.82, 2.24) is 0 Å². The summed E-state index contributed by atoms with van der Waals surface area (Å²) in [6, 6.07) is 0. The van der Waals surface area contributed by atoms with Gasteiger partial charge in [0.25, 0.3) is 0 Å². The van der Waals surface area contributed by atoms with Crippen LogP contribution in [0.15, 0.2) is 15.8 Å². The number of aliphatic imine (C=N–C) groups is 1. The molecule has 0 N–H and O–H groups in total. The lowest BCUT2D eigenvalue weighted by molar-refractivity contribution is 1.42. The minimum absolute atomic E-state index is 1.10. The van der Waals surface area contributed by atoms with Crippen LogP contribution in [0.4, 0.5) is 5.69 Å². The molecule has 46 valence electrons. The van der Waals surface area contributed by atoms with E-state index < -0.39 is 0 Å². The van der Waals surface area contributed by atoms with Crippen molar-refractivity contribution >= 4 is 34.3 Å². The van der Waals surface area contributed by atoms with Gasteiger partial charge < -0.3 is 0 Å². The Labute approximate surface area is 61.8 Å². The van der Waals surface area contributed by atoms with Crippen molar-refractivity contribution in [2.24, 2.45) is 4.99 Å². The fraction of sp³-hybridized carbons (Fsp3) is 0.167. The maximum Gasteiger partial charge on any atom is 0.0783 e. The molecule has 1 aliphatic heterocycles. The summed E-state index contributed by atoms with van der Waals surface area (Å²) in [6.07, 6.45) is 0. The van der Waals surface area contributed by atoms with Crippen molar-refractivity contribution in [2.75, 3.05) is 0 Å². The van der Waals surface area contributed by atoms with Gasteiger partial charge in [0.15, 0.2) is 0 Å². The molecule has 0 saturated heterocycles. The standard InChI is InChI=1S/C6H5NS2/c1-5-2-9-4-7-6(5)3-8-1/h1,3-4H,2H2. The maximum atomic E-state index is 4.20. The summed E-state index contributed by atoms with van der Waals surface area (Å²) in [5.74, 6) is 1.10. The average molecular weight is 155 g/mol. The summed E-state index contributed by atoms with van der Waals surface area (Å²) >= 11 is 3.49. The van der Waals surface area contributed by atoms with Gasteiger partial charge in [-0.1, -0.05) is 0 Å². The van der Waals surface area contributed by atoms with Crippen LogP contribution in [0.1, 0.15) is 5.56 Å². The number of fused-ring (bicyclic) bond motifs is 1. The first-order valence-corrected chi connectivity index (χ1v) is 4.65. The van der Waals surface area contributed by atoms with E-state index in [9.17, 15) is 0 Å².